The molecule has 4 nitrogen and oxygen atoms in total. The van der Waals surface area contributed by atoms with E-state index < -0.39 is 13.0 Å². The standard InChI is InChI=1S/C11H17NO3Si/c1-16(2,3)8-7-9-5-4-6-10(13)11(9)12(14)15/h4-6,13H,7-8H2,1-3H3. The molecule has 0 fully saturated rings. The van der Waals surface area contributed by atoms with Crippen molar-refractivity contribution in [3.05, 3.63) is 33.9 Å². The Morgan fingerprint density at radius 3 is 2.50 bits per heavy atom. The summed E-state index contributed by atoms with van der Waals surface area (Å²) in [6.45, 7) is 6.67. The van der Waals surface area contributed by atoms with E-state index in [-0.39, 0.29) is 11.4 Å². The van der Waals surface area contributed by atoms with Crippen LogP contribution in [0.4, 0.5) is 5.69 Å². The molecule has 0 aliphatic rings. The van der Waals surface area contributed by atoms with Crippen molar-refractivity contribution in [1.82, 2.24) is 0 Å². The van der Waals surface area contributed by atoms with Gasteiger partial charge in [-0.1, -0.05) is 37.8 Å². The van der Waals surface area contributed by atoms with Crippen molar-refractivity contribution in [2.75, 3.05) is 0 Å². The van der Waals surface area contributed by atoms with Crippen LogP contribution >= 0.6 is 0 Å². The molecule has 0 unspecified atom stereocenters. The van der Waals surface area contributed by atoms with Crippen molar-refractivity contribution in [2.24, 2.45) is 0 Å². The maximum Gasteiger partial charge on any atom is 0.313 e. The summed E-state index contributed by atoms with van der Waals surface area (Å²) in [6, 6.07) is 5.72. The first-order valence-electron chi connectivity index (χ1n) is 5.26. The largest absolute Gasteiger partial charge is 0.502 e. The predicted octanol–water partition coefficient (Wildman–Crippen LogP) is 3.18. The molecule has 1 rings (SSSR count). The number of phenolic OH excluding ortho intramolecular Hbond substituents is 1. The number of aryl methyl sites for hydroxylation is 1. The normalized spacial score (nSPS) is 11.4. The highest BCUT2D eigenvalue weighted by atomic mass is 28.3. The predicted molar refractivity (Wildman–Crippen MR) is 66.6 cm³/mol. The van der Waals surface area contributed by atoms with Gasteiger partial charge in [0.15, 0.2) is 5.75 Å². The second-order valence-corrected chi connectivity index (χ2v) is 10.7. The highest BCUT2D eigenvalue weighted by Crippen LogP contribution is 2.31. The third-order valence-electron chi connectivity index (χ3n) is 2.43. The maximum atomic E-state index is 10.8. The Balaban J connectivity index is 2.96. The third-order valence-corrected chi connectivity index (χ3v) is 4.18. The molecule has 0 aliphatic heterocycles. The zero-order chi connectivity index (χ0) is 12.3. The number of benzene rings is 1. The van der Waals surface area contributed by atoms with Crippen molar-refractivity contribution in [2.45, 2.75) is 32.1 Å². The number of aromatic hydroxyl groups is 1. The fraction of sp³-hybridized carbons (Fsp3) is 0.455. The van der Waals surface area contributed by atoms with E-state index in [1.807, 2.05) is 0 Å². The average Bonchev–Trinajstić information content (AvgIpc) is 2.12. The van der Waals surface area contributed by atoms with E-state index in [0.29, 0.717) is 12.0 Å². The van der Waals surface area contributed by atoms with Gasteiger partial charge in [0.05, 0.1) is 4.92 Å². The Labute approximate surface area is 96.1 Å². The number of phenols is 1. The molecule has 88 valence electrons. The highest BCUT2D eigenvalue weighted by Gasteiger charge is 2.21. The number of nitro groups is 1. The third kappa shape index (κ3) is 3.34. The van der Waals surface area contributed by atoms with Gasteiger partial charge in [-0.3, -0.25) is 10.1 Å². The summed E-state index contributed by atoms with van der Waals surface area (Å²) in [4.78, 5) is 10.3. The smallest absolute Gasteiger partial charge is 0.313 e. The minimum absolute atomic E-state index is 0.138. The van der Waals surface area contributed by atoms with Crippen molar-refractivity contribution < 1.29 is 10.0 Å². The fourth-order valence-electron chi connectivity index (χ4n) is 1.50. The van der Waals surface area contributed by atoms with Gasteiger partial charge < -0.3 is 5.11 Å². The van der Waals surface area contributed by atoms with E-state index in [0.717, 1.165) is 6.04 Å². The van der Waals surface area contributed by atoms with Gasteiger partial charge in [0.25, 0.3) is 0 Å². The molecule has 1 N–H and O–H groups in total. The first kappa shape index (κ1) is 12.7. The Kier molecular flexibility index (Phi) is 3.69. The molecular formula is C11H17NO3Si. The van der Waals surface area contributed by atoms with Crippen LogP contribution in [0.3, 0.4) is 0 Å². The number of rotatable bonds is 4. The van der Waals surface area contributed by atoms with E-state index in [9.17, 15) is 15.2 Å². The highest BCUT2D eigenvalue weighted by molar-refractivity contribution is 6.76. The molecule has 0 radical (unpaired) electrons. The fourth-order valence-corrected chi connectivity index (χ4v) is 2.52. The van der Waals surface area contributed by atoms with Crippen LogP contribution in [0.1, 0.15) is 5.56 Å². The van der Waals surface area contributed by atoms with Gasteiger partial charge in [-0.15, -0.1) is 0 Å². The molecule has 0 atom stereocenters. The van der Waals surface area contributed by atoms with Crippen LogP contribution in [0.25, 0.3) is 0 Å². The summed E-state index contributed by atoms with van der Waals surface area (Å²) in [5, 5.41) is 20.3. The van der Waals surface area contributed by atoms with Gasteiger partial charge in [0, 0.05) is 13.6 Å². The summed E-state index contributed by atoms with van der Waals surface area (Å²) in [7, 11) is -1.22. The number of hydrogen-bond donors (Lipinski definition) is 1. The second-order valence-electron chi connectivity index (χ2n) is 5.10. The average molecular weight is 239 g/mol. The summed E-state index contributed by atoms with van der Waals surface area (Å²) in [6.07, 6.45) is 0.667. The van der Waals surface area contributed by atoms with Crippen LogP contribution in [0.15, 0.2) is 18.2 Å². The number of nitro benzene ring substituents is 1. The van der Waals surface area contributed by atoms with E-state index >= 15 is 0 Å². The zero-order valence-electron chi connectivity index (χ0n) is 9.86. The molecular weight excluding hydrogens is 222 g/mol. The SMILES string of the molecule is C[Si](C)(C)CCc1cccc(O)c1[N+](=O)[O-]. The van der Waals surface area contributed by atoms with Gasteiger partial charge in [0.2, 0.25) is 0 Å². The molecule has 0 heterocycles. The topological polar surface area (TPSA) is 63.4 Å². The molecule has 1 aromatic carbocycles. The zero-order valence-corrected chi connectivity index (χ0v) is 10.9. The van der Waals surface area contributed by atoms with E-state index in [4.69, 9.17) is 0 Å². The van der Waals surface area contributed by atoms with Crippen LogP contribution in [0.2, 0.25) is 25.7 Å². The maximum absolute atomic E-state index is 10.8. The Bertz CT molecular complexity index is 399. The van der Waals surface area contributed by atoms with Crippen LogP contribution < -0.4 is 0 Å². The Morgan fingerprint density at radius 2 is 2.00 bits per heavy atom. The summed E-state index contributed by atoms with van der Waals surface area (Å²) in [5.74, 6) is -0.238. The molecule has 0 aromatic heterocycles. The second kappa shape index (κ2) is 4.65. The van der Waals surface area contributed by atoms with Crippen LogP contribution in [-0.4, -0.2) is 18.1 Å². The van der Waals surface area contributed by atoms with Crippen molar-refractivity contribution >= 4 is 13.8 Å². The molecule has 0 bridgehead atoms. The number of hydrogen-bond acceptors (Lipinski definition) is 3. The lowest BCUT2D eigenvalue weighted by atomic mass is 10.1. The van der Waals surface area contributed by atoms with Crippen molar-refractivity contribution in [3.8, 4) is 5.75 Å². The molecule has 0 saturated heterocycles. The molecule has 5 heteroatoms. The minimum Gasteiger partial charge on any atom is -0.502 e. The van der Waals surface area contributed by atoms with Crippen LogP contribution in [-0.2, 0) is 6.42 Å². The minimum atomic E-state index is -1.22. The van der Waals surface area contributed by atoms with Gasteiger partial charge in [-0.05, 0) is 12.5 Å². The van der Waals surface area contributed by atoms with Crippen LogP contribution in [0, 0.1) is 10.1 Å². The monoisotopic (exact) mass is 239 g/mol. The summed E-state index contributed by atoms with van der Waals surface area (Å²) in [5.41, 5.74) is 0.494. The van der Waals surface area contributed by atoms with E-state index in [2.05, 4.69) is 19.6 Å². The van der Waals surface area contributed by atoms with Gasteiger partial charge in [0.1, 0.15) is 0 Å². The number of nitrogens with zero attached hydrogens (tertiary/aromatic N) is 1. The molecule has 0 saturated carbocycles. The van der Waals surface area contributed by atoms with Crippen molar-refractivity contribution in [1.29, 1.82) is 0 Å². The Hall–Kier alpha value is -1.36. The molecule has 1 aromatic rings. The van der Waals surface area contributed by atoms with Crippen LogP contribution in [0.5, 0.6) is 5.75 Å². The lowest BCUT2D eigenvalue weighted by Gasteiger charge is -2.15. The lowest BCUT2D eigenvalue weighted by molar-refractivity contribution is -0.386. The summed E-state index contributed by atoms with van der Waals surface area (Å²) < 4.78 is 0. The van der Waals surface area contributed by atoms with Gasteiger partial charge >= 0.3 is 5.69 Å². The first-order chi connectivity index (χ1) is 7.31. The van der Waals surface area contributed by atoms with E-state index in [1.165, 1.54) is 6.07 Å². The molecule has 0 amide bonds. The van der Waals surface area contributed by atoms with Gasteiger partial charge in [-0.2, -0.15) is 0 Å². The van der Waals surface area contributed by atoms with Gasteiger partial charge in [-0.25, -0.2) is 0 Å². The molecule has 0 spiro atoms. The lowest BCUT2D eigenvalue weighted by Crippen LogP contribution is -2.20. The first-order valence-corrected chi connectivity index (χ1v) is 8.97. The molecule has 16 heavy (non-hydrogen) atoms. The summed E-state index contributed by atoms with van der Waals surface area (Å²) >= 11 is 0. The molecule has 0 aliphatic carbocycles. The quantitative estimate of drug-likeness (QED) is 0.498. The Morgan fingerprint density at radius 1 is 1.38 bits per heavy atom. The van der Waals surface area contributed by atoms with Crippen molar-refractivity contribution in [3.63, 3.8) is 0 Å². The number of para-hydroxylation sites is 1. The van der Waals surface area contributed by atoms with E-state index in [1.54, 1.807) is 12.1 Å².